The van der Waals surface area contributed by atoms with Crippen LogP contribution in [0.15, 0.2) is 42.6 Å². The Labute approximate surface area is 197 Å². The van der Waals surface area contributed by atoms with Gasteiger partial charge in [-0.3, -0.25) is 10.00 Å². The van der Waals surface area contributed by atoms with E-state index in [1.807, 2.05) is 26.2 Å². The molecule has 0 saturated carbocycles. The van der Waals surface area contributed by atoms with Gasteiger partial charge in [0, 0.05) is 37.1 Å². The summed E-state index contributed by atoms with van der Waals surface area (Å²) in [7, 11) is 1.97. The van der Waals surface area contributed by atoms with E-state index in [1.165, 1.54) is 5.57 Å². The summed E-state index contributed by atoms with van der Waals surface area (Å²) >= 11 is 0. The van der Waals surface area contributed by atoms with E-state index >= 15 is 4.39 Å². The zero-order valence-corrected chi connectivity index (χ0v) is 19.5. The van der Waals surface area contributed by atoms with Crippen LogP contribution in [-0.4, -0.2) is 63.4 Å². The minimum Gasteiger partial charge on any atom is -0.508 e. The van der Waals surface area contributed by atoms with Crippen molar-refractivity contribution in [2.45, 2.75) is 19.8 Å². The highest BCUT2D eigenvalue weighted by atomic mass is 19.1. The largest absolute Gasteiger partial charge is 0.508 e. The van der Waals surface area contributed by atoms with Gasteiger partial charge in [0.15, 0.2) is 11.6 Å². The number of hydrogen-bond donors (Lipinski definition) is 4. The average Bonchev–Trinajstić information content (AvgIpc) is 3.51. The molecule has 0 bridgehead atoms. The van der Waals surface area contributed by atoms with Crippen LogP contribution in [-0.2, 0) is 6.42 Å². The second-order valence-electron chi connectivity index (χ2n) is 8.65. The van der Waals surface area contributed by atoms with Gasteiger partial charge < -0.3 is 15.4 Å². The molecule has 0 saturated heterocycles. The van der Waals surface area contributed by atoms with Crippen LogP contribution in [0.1, 0.15) is 24.6 Å². The highest BCUT2D eigenvalue weighted by Crippen LogP contribution is 2.35. The Morgan fingerprint density at radius 1 is 1.21 bits per heavy atom. The Morgan fingerprint density at radius 3 is 2.82 bits per heavy atom. The number of aromatic amines is 2. The predicted molar refractivity (Wildman–Crippen MR) is 133 cm³/mol. The standard InChI is InChI=1S/C26H29FN6O/c1-3-16-14-18(34)4-5-19(16)20-6-7-21-24(23(20)27)31-32-25(21)26-29-15-22(30-26)17-8-11-33(12-9-17)13-10-28-2/h4-8,14-15,28,34H,3,9-13H2,1-2H3,(H,29,30)(H,31,32). The lowest BCUT2D eigenvalue weighted by atomic mass is 9.96. The summed E-state index contributed by atoms with van der Waals surface area (Å²) in [6.07, 6.45) is 5.73. The van der Waals surface area contributed by atoms with Crippen LogP contribution < -0.4 is 5.32 Å². The number of nitrogens with zero attached hydrogens (tertiary/aromatic N) is 3. The first-order valence-corrected chi connectivity index (χ1v) is 11.7. The third-order valence-electron chi connectivity index (χ3n) is 6.55. The lowest BCUT2D eigenvalue weighted by molar-refractivity contribution is 0.303. The maximum absolute atomic E-state index is 15.5. The molecule has 1 aliphatic rings. The van der Waals surface area contributed by atoms with Gasteiger partial charge in [-0.25, -0.2) is 9.37 Å². The van der Waals surface area contributed by atoms with Crippen molar-refractivity contribution in [2.75, 3.05) is 33.2 Å². The number of H-pyrrole nitrogens is 2. The number of benzene rings is 2. The van der Waals surface area contributed by atoms with Gasteiger partial charge in [0.2, 0.25) is 0 Å². The van der Waals surface area contributed by atoms with E-state index in [0.29, 0.717) is 28.9 Å². The molecule has 0 spiro atoms. The Hall–Kier alpha value is -3.49. The number of hydrogen-bond acceptors (Lipinski definition) is 5. The molecule has 7 nitrogen and oxygen atoms in total. The van der Waals surface area contributed by atoms with Crippen molar-refractivity contribution in [1.29, 1.82) is 0 Å². The molecule has 2 aromatic carbocycles. The van der Waals surface area contributed by atoms with E-state index in [4.69, 9.17) is 0 Å². The van der Waals surface area contributed by atoms with Crippen LogP contribution in [0, 0.1) is 5.82 Å². The highest BCUT2D eigenvalue weighted by Gasteiger charge is 2.20. The summed E-state index contributed by atoms with van der Waals surface area (Å²) in [6, 6.07) is 8.66. The third-order valence-corrected chi connectivity index (χ3v) is 6.55. The SMILES string of the molecule is CCc1cc(O)ccc1-c1ccc2c(-c3ncc(C4=CCN(CCNC)CC4)[nH]3)[nH]nc2c1F. The van der Waals surface area contributed by atoms with Crippen molar-refractivity contribution in [3.05, 3.63) is 59.7 Å². The molecule has 1 aliphatic heterocycles. The topological polar surface area (TPSA) is 92.9 Å². The first-order chi connectivity index (χ1) is 16.6. The molecular formula is C26H29FN6O. The molecule has 0 radical (unpaired) electrons. The lowest BCUT2D eigenvalue weighted by Gasteiger charge is -2.25. The van der Waals surface area contributed by atoms with Crippen LogP contribution >= 0.6 is 0 Å². The molecule has 0 atom stereocenters. The fourth-order valence-electron chi connectivity index (χ4n) is 4.61. The number of aromatic hydroxyl groups is 1. The Kier molecular flexibility index (Phi) is 6.17. The predicted octanol–water partition coefficient (Wildman–Crippen LogP) is 4.34. The van der Waals surface area contributed by atoms with Crippen molar-refractivity contribution in [3.63, 3.8) is 0 Å². The molecule has 3 heterocycles. The van der Waals surface area contributed by atoms with Gasteiger partial charge >= 0.3 is 0 Å². The van der Waals surface area contributed by atoms with Crippen LogP contribution in [0.3, 0.4) is 0 Å². The molecule has 0 unspecified atom stereocenters. The zero-order valence-electron chi connectivity index (χ0n) is 19.5. The van der Waals surface area contributed by atoms with Gasteiger partial charge in [0.25, 0.3) is 0 Å². The van der Waals surface area contributed by atoms with Crippen LogP contribution in [0.4, 0.5) is 4.39 Å². The number of fused-ring (bicyclic) bond motifs is 1. The van der Waals surface area contributed by atoms with E-state index < -0.39 is 0 Å². The Morgan fingerprint density at radius 2 is 2.06 bits per heavy atom. The van der Waals surface area contributed by atoms with Crippen LogP contribution in [0.5, 0.6) is 5.75 Å². The van der Waals surface area contributed by atoms with Crippen molar-refractivity contribution in [2.24, 2.45) is 0 Å². The minimum absolute atomic E-state index is 0.177. The number of halogens is 1. The number of rotatable bonds is 7. The van der Waals surface area contributed by atoms with Crippen molar-refractivity contribution in [3.8, 4) is 28.4 Å². The van der Waals surface area contributed by atoms with Crippen LogP contribution in [0.25, 0.3) is 39.1 Å². The van der Waals surface area contributed by atoms with E-state index in [0.717, 1.165) is 49.4 Å². The molecule has 5 rings (SSSR count). The molecule has 0 aliphatic carbocycles. The molecule has 8 heteroatoms. The number of aromatic nitrogens is 4. The first-order valence-electron chi connectivity index (χ1n) is 11.7. The monoisotopic (exact) mass is 460 g/mol. The fraction of sp³-hybridized carbons (Fsp3) is 0.308. The van der Waals surface area contributed by atoms with E-state index in [9.17, 15) is 5.11 Å². The quantitative estimate of drug-likeness (QED) is 0.329. The average molecular weight is 461 g/mol. The van der Waals surface area contributed by atoms with Crippen LogP contribution in [0.2, 0.25) is 0 Å². The maximum Gasteiger partial charge on any atom is 0.159 e. The smallest absolute Gasteiger partial charge is 0.159 e. The molecule has 2 aromatic heterocycles. The van der Waals surface area contributed by atoms with Gasteiger partial charge in [-0.1, -0.05) is 25.1 Å². The zero-order chi connectivity index (χ0) is 23.7. The van der Waals surface area contributed by atoms with E-state index in [1.54, 1.807) is 24.3 Å². The maximum atomic E-state index is 15.5. The normalized spacial score (nSPS) is 14.6. The molecule has 176 valence electrons. The minimum atomic E-state index is -0.385. The van der Waals surface area contributed by atoms with Crippen molar-refractivity contribution < 1.29 is 9.50 Å². The summed E-state index contributed by atoms with van der Waals surface area (Å²) < 4.78 is 15.5. The van der Waals surface area contributed by atoms with Crippen molar-refractivity contribution >= 4 is 16.5 Å². The molecule has 4 aromatic rings. The van der Waals surface area contributed by atoms with Crippen molar-refractivity contribution in [1.82, 2.24) is 30.4 Å². The highest BCUT2D eigenvalue weighted by molar-refractivity contribution is 5.94. The van der Waals surface area contributed by atoms with Gasteiger partial charge in [0.1, 0.15) is 17.0 Å². The summed E-state index contributed by atoms with van der Waals surface area (Å²) in [5.74, 6) is 0.433. The number of phenolic OH excluding ortho intramolecular Hbond substituents is 1. The number of nitrogens with one attached hydrogen (secondary N) is 3. The van der Waals surface area contributed by atoms with Gasteiger partial charge in [0.05, 0.1) is 11.9 Å². The summed E-state index contributed by atoms with van der Waals surface area (Å²) in [5, 5.41) is 20.9. The Balaban J connectivity index is 1.44. The fourth-order valence-corrected chi connectivity index (χ4v) is 4.61. The van der Waals surface area contributed by atoms with Gasteiger partial charge in [-0.05, 0) is 54.8 Å². The second-order valence-corrected chi connectivity index (χ2v) is 8.65. The molecular weight excluding hydrogens is 431 g/mol. The molecule has 0 fully saturated rings. The Bertz CT molecular complexity index is 1350. The summed E-state index contributed by atoms with van der Waals surface area (Å²) in [4.78, 5) is 10.4. The molecule has 34 heavy (non-hydrogen) atoms. The third kappa shape index (κ3) is 4.10. The van der Waals surface area contributed by atoms with Gasteiger partial charge in [-0.2, -0.15) is 5.10 Å². The number of likely N-dealkylation sites (N-methyl/N-ethyl adjacent to an activating group) is 1. The number of aryl methyl sites for hydroxylation is 1. The number of phenols is 1. The summed E-state index contributed by atoms with van der Waals surface area (Å²) in [6.45, 7) is 5.93. The summed E-state index contributed by atoms with van der Waals surface area (Å²) in [5.41, 5.74) is 5.29. The van der Waals surface area contributed by atoms with E-state index in [2.05, 4.69) is 36.5 Å². The molecule has 0 amide bonds. The lowest BCUT2D eigenvalue weighted by Crippen LogP contribution is -2.34. The van der Waals surface area contributed by atoms with Gasteiger partial charge in [-0.15, -0.1) is 0 Å². The second kappa shape index (κ2) is 9.40. The number of imidazole rings is 1. The first kappa shape index (κ1) is 22.3. The molecule has 4 N–H and O–H groups in total. The van der Waals surface area contributed by atoms with E-state index in [-0.39, 0.29) is 17.1 Å².